The van der Waals surface area contributed by atoms with E-state index in [0.29, 0.717) is 6.42 Å². The summed E-state index contributed by atoms with van der Waals surface area (Å²) in [6.45, 7) is 6.68. The number of rotatable bonds is 4. The fraction of sp³-hybridized carbons (Fsp3) is 0.556. The van der Waals surface area contributed by atoms with Crippen LogP contribution in [0.2, 0.25) is 0 Å². The molecule has 1 amide bonds. The second-order valence-corrected chi connectivity index (χ2v) is 9.27. The van der Waals surface area contributed by atoms with Crippen molar-refractivity contribution in [2.24, 2.45) is 0 Å². The summed E-state index contributed by atoms with van der Waals surface area (Å²) >= 11 is 1.78. The molecule has 1 aromatic carbocycles. The van der Waals surface area contributed by atoms with Crippen LogP contribution in [-0.4, -0.2) is 38.9 Å². The fourth-order valence-electron chi connectivity index (χ4n) is 3.30. The second-order valence-electron chi connectivity index (χ2n) is 7.20. The summed E-state index contributed by atoms with van der Waals surface area (Å²) in [5.41, 5.74) is 0.963. The van der Waals surface area contributed by atoms with Crippen molar-refractivity contribution in [1.82, 2.24) is 4.90 Å². The highest BCUT2D eigenvalue weighted by molar-refractivity contribution is 8.01. The summed E-state index contributed by atoms with van der Waals surface area (Å²) in [5.74, 6) is -0.195. The molecule has 2 saturated heterocycles. The van der Waals surface area contributed by atoms with Crippen LogP contribution in [0.25, 0.3) is 0 Å². The molecule has 3 atom stereocenters. The molecule has 124 valence electrons. The Morgan fingerprint density at radius 3 is 2.61 bits per heavy atom. The zero-order valence-electron chi connectivity index (χ0n) is 13.8. The van der Waals surface area contributed by atoms with Gasteiger partial charge >= 0.3 is 5.97 Å². The highest BCUT2D eigenvalue weighted by Gasteiger charge is 2.55. The Morgan fingerprint density at radius 2 is 2.00 bits per heavy atom. The quantitative estimate of drug-likeness (QED) is 0.628. The van der Waals surface area contributed by atoms with Crippen LogP contribution in [0.3, 0.4) is 0 Å². The number of hydrogen-bond donors (Lipinski definition) is 0. The number of nitrogens with zero attached hydrogens (tertiary/aromatic N) is 1. The normalized spacial score (nSPS) is 26.7. The van der Waals surface area contributed by atoms with E-state index in [1.54, 1.807) is 16.7 Å². The van der Waals surface area contributed by atoms with Crippen molar-refractivity contribution >= 4 is 23.6 Å². The van der Waals surface area contributed by atoms with E-state index in [9.17, 15) is 9.59 Å². The van der Waals surface area contributed by atoms with Crippen molar-refractivity contribution < 1.29 is 14.3 Å². The first-order chi connectivity index (χ1) is 10.8. The molecule has 0 spiro atoms. The molecule has 4 nitrogen and oxygen atoms in total. The van der Waals surface area contributed by atoms with Gasteiger partial charge in [0.25, 0.3) is 0 Å². The van der Waals surface area contributed by atoms with E-state index in [-0.39, 0.29) is 34.5 Å². The second kappa shape index (κ2) is 6.19. The van der Waals surface area contributed by atoms with Gasteiger partial charge in [-0.05, 0) is 12.0 Å². The van der Waals surface area contributed by atoms with Gasteiger partial charge in [0.2, 0.25) is 5.91 Å². The minimum atomic E-state index is -0.436. The SMILES string of the molecule is CC(C)(C)SC1CC2CC(=O)N2C1C(=O)OCc1ccccc1. The molecule has 0 bridgehead atoms. The molecule has 2 aliphatic heterocycles. The van der Waals surface area contributed by atoms with Crippen molar-refractivity contribution in [2.45, 2.75) is 62.3 Å². The van der Waals surface area contributed by atoms with Gasteiger partial charge in [0.15, 0.2) is 0 Å². The summed E-state index contributed by atoms with van der Waals surface area (Å²) in [4.78, 5) is 26.3. The minimum absolute atomic E-state index is 0.0522. The molecule has 0 N–H and O–H groups in total. The summed E-state index contributed by atoms with van der Waals surface area (Å²) in [5, 5.41) is 0.120. The van der Waals surface area contributed by atoms with Crippen LogP contribution in [-0.2, 0) is 20.9 Å². The van der Waals surface area contributed by atoms with Gasteiger partial charge in [-0.15, -0.1) is 11.8 Å². The molecule has 0 aliphatic carbocycles. The predicted molar refractivity (Wildman–Crippen MR) is 91.0 cm³/mol. The molecule has 0 radical (unpaired) electrons. The van der Waals surface area contributed by atoms with Gasteiger partial charge in [-0.25, -0.2) is 4.79 Å². The van der Waals surface area contributed by atoms with Crippen molar-refractivity contribution in [1.29, 1.82) is 0 Å². The lowest BCUT2D eigenvalue weighted by Gasteiger charge is -2.38. The van der Waals surface area contributed by atoms with Crippen LogP contribution in [0.1, 0.15) is 39.2 Å². The Morgan fingerprint density at radius 1 is 1.30 bits per heavy atom. The third-order valence-corrected chi connectivity index (χ3v) is 5.68. The Hall–Kier alpha value is -1.49. The topological polar surface area (TPSA) is 46.6 Å². The maximum Gasteiger partial charge on any atom is 0.330 e. The standard InChI is InChI=1S/C18H23NO3S/c1-18(2,3)23-14-9-13-10-15(20)19(13)16(14)17(21)22-11-12-7-5-4-6-8-12/h4-8,13-14,16H,9-11H2,1-3H3. The maximum atomic E-state index is 12.6. The first kappa shape index (κ1) is 16.4. The number of esters is 1. The predicted octanol–water partition coefficient (Wildman–Crippen LogP) is 3.00. The Kier molecular flexibility index (Phi) is 4.41. The molecule has 2 heterocycles. The average molecular weight is 333 g/mol. The van der Waals surface area contributed by atoms with Crippen LogP contribution >= 0.6 is 11.8 Å². The number of thioether (sulfide) groups is 1. The van der Waals surface area contributed by atoms with Gasteiger partial charge in [-0.2, -0.15) is 0 Å². The number of benzene rings is 1. The highest BCUT2D eigenvalue weighted by atomic mass is 32.2. The van der Waals surface area contributed by atoms with Gasteiger partial charge in [0, 0.05) is 22.5 Å². The number of hydrogen-bond acceptors (Lipinski definition) is 4. The Labute approximate surface area is 141 Å². The number of β-lactam (4-membered cyclic amide) rings is 1. The maximum absolute atomic E-state index is 12.6. The van der Waals surface area contributed by atoms with E-state index in [4.69, 9.17) is 4.74 Å². The monoisotopic (exact) mass is 333 g/mol. The third kappa shape index (κ3) is 3.55. The Balaban J connectivity index is 1.68. The number of carbonyl (C=O) groups is 2. The van der Waals surface area contributed by atoms with E-state index >= 15 is 0 Å². The van der Waals surface area contributed by atoms with E-state index in [1.165, 1.54) is 0 Å². The van der Waals surface area contributed by atoms with Gasteiger partial charge in [0.05, 0.1) is 0 Å². The summed E-state index contributed by atoms with van der Waals surface area (Å²) in [6, 6.07) is 9.42. The minimum Gasteiger partial charge on any atom is -0.459 e. The third-order valence-electron chi connectivity index (χ3n) is 4.22. The van der Waals surface area contributed by atoms with Crippen LogP contribution in [0, 0.1) is 0 Å². The number of carbonyl (C=O) groups excluding carboxylic acids is 2. The van der Waals surface area contributed by atoms with Crippen LogP contribution in [0.5, 0.6) is 0 Å². The molecule has 3 rings (SSSR count). The van der Waals surface area contributed by atoms with E-state index in [2.05, 4.69) is 20.8 Å². The van der Waals surface area contributed by atoms with E-state index < -0.39 is 6.04 Å². The van der Waals surface area contributed by atoms with Gasteiger partial charge in [-0.3, -0.25) is 4.79 Å². The summed E-state index contributed by atoms with van der Waals surface area (Å²) < 4.78 is 5.56. The molecule has 0 saturated carbocycles. The zero-order chi connectivity index (χ0) is 16.6. The molecule has 1 aromatic rings. The smallest absolute Gasteiger partial charge is 0.330 e. The Bertz CT molecular complexity index is 596. The number of fused-ring (bicyclic) bond motifs is 1. The van der Waals surface area contributed by atoms with Gasteiger partial charge < -0.3 is 9.64 Å². The first-order valence-corrected chi connectivity index (χ1v) is 8.93. The van der Waals surface area contributed by atoms with Crippen molar-refractivity contribution in [3.8, 4) is 0 Å². The summed E-state index contributed by atoms with van der Waals surface area (Å²) in [6.07, 6.45) is 1.46. The van der Waals surface area contributed by atoms with E-state index in [1.807, 2.05) is 30.3 Å². The largest absolute Gasteiger partial charge is 0.459 e. The fourth-order valence-corrected chi connectivity index (χ4v) is 4.90. The molecule has 5 heteroatoms. The van der Waals surface area contributed by atoms with Crippen molar-refractivity contribution in [2.75, 3.05) is 0 Å². The molecule has 2 fully saturated rings. The molecule has 2 aliphatic rings. The molecular weight excluding hydrogens is 310 g/mol. The van der Waals surface area contributed by atoms with Gasteiger partial charge in [0.1, 0.15) is 12.6 Å². The van der Waals surface area contributed by atoms with Crippen LogP contribution in [0.15, 0.2) is 30.3 Å². The zero-order valence-corrected chi connectivity index (χ0v) is 14.6. The lowest BCUT2D eigenvalue weighted by molar-refractivity contribution is -0.161. The first-order valence-electron chi connectivity index (χ1n) is 8.05. The average Bonchev–Trinajstić information content (AvgIpc) is 2.76. The molecule has 3 unspecified atom stereocenters. The molecule has 23 heavy (non-hydrogen) atoms. The lowest BCUT2D eigenvalue weighted by atomic mass is 10.0. The van der Waals surface area contributed by atoms with Gasteiger partial charge in [-0.1, -0.05) is 51.1 Å². The molecular formula is C18H23NO3S. The number of amides is 1. The van der Waals surface area contributed by atoms with Crippen molar-refractivity contribution in [3.05, 3.63) is 35.9 Å². The highest BCUT2D eigenvalue weighted by Crippen LogP contribution is 2.44. The van der Waals surface area contributed by atoms with E-state index in [0.717, 1.165) is 12.0 Å². The van der Waals surface area contributed by atoms with Crippen molar-refractivity contribution in [3.63, 3.8) is 0 Å². The van der Waals surface area contributed by atoms with Crippen LogP contribution in [0.4, 0.5) is 0 Å². The van der Waals surface area contributed by atoms with Crippen LogP contribution < -0.4 is 0 Å². The molecule has 0 aromatic heterocycles. The lowest BCUT2D eigenvalue weighted by Crippen LogP contribution is -2.55. The number of ether oxygens (including phenoxy) is 1. The summed E-state index contributed by atoms with van der Waals surface area (Å²) in [7, 11) is 0.